The first kappa shape index (κ1) is 14.1. The number of nitrogens with two attached hydrogens (primary N) is 1. The second-order valence-electron chi connectivity index (χ2n) is 3.95. The molecule has 0 fully saturated rings. The Labute approximate surface area is 117 Å². The summed E-state index contributed by atoms with van der Waals surface area (Å²) in [6, 6.07) is 8.08. The van der Waals surface area contributed by atoms with Crippen LogP contribution in [0.4, 0.5) is 5.82 Å². The molecule has 7 heteroatoms. The quantitative estimate of drug-likeness (QED) is 0.807. The molecule has 104 valence electrons. The van der Waals surface area contributed by atoms with Gasteiger partial charge >= 0.3 is 0 Å². The normalized spacial score (nSPS) is 10.7. The van der Waals surface area contributed by atoms with Crippen LogP contribution in [-0.2, 0) is 17.1 Å². The summed E-state index contributed by atoms with van der Waals surface area (Å²) in [7, 11) is -2.07. The van der Waals surface area contributed by atoms with E-state index in [0.717, 1.165) is 0 Å². The molecule has 20 heavy (non-hydrogen) atoms. The maximum Gasteiger partial charge on any atom is 0.264 e. The third-order valence-corrected chi connectivity index (χ3v) is 3.97. The van der Waals surface area contributed by atoms with Crippen molar-refractivity contribution in [2.45, 2.75) is 4.90 Å². The van der Waals surface area contributed by atoms with Crippen molar-refractivity contribution < 1.29 is 8.42 Å². The second kappa shape index (κ2) is 5.77. The van der Waals surface area contributed by atoms with Crippen LogP contribution >= 0.6 is 0 Å². The summed E-state index contributed by atoms with van der Waals surface area (Å²) in [4.78, 5) is 0.113. The van der Waals surface area contributed by atoms with Crippen LogP contribution in [0.15, 0.2) is 41.4 Å². The highest BCUT2D eigenvalue weighted by Crippen LogP contribution is 2.18. The zero-order chi connectivity index (χ0) is 14.6. The van der Waals surface area contributed by atoms with Crippen LogP contribution in [0.25, 0.3) is 0 Å². The Morgan fingerprint density at radius 3 is 2.75 bits per heavy atom. The number of sulfonamides is 1. The summed E-state index contributed by atoms with van der Waals surface area (Å²) < 4.78 is 28.7. The molecule has 0 aliphatic carbocycles. The predicted molar refractivity (Wildman–Crippen MR) is 76.4 cm³/mol. The molecule has 0 aliphatic rings. The summed E-state index contributed by atoms with van der Waals surface area (Å²) in [5, 5.41) is 3.91. The molecule has 2 rings (SSSR count). The van der Waals surface area contributed by atoms with Gasteiger partial charge in [0.05, 0.1) is 12.7 Å². The average Bonchev–Trinajstić information content (AvgIpc) is 2.81. The number of anilines is 1. The van der Waals surface area contributed by atoms with Gasteiger partial charge < -0.3 is 5.73 Å². The molecule has 0 spiro atoms. The molecule has 1 aromatic heterocycles. The van der Waals surface area contributed by atoms with Crippen molar-refractivity contribution in [1.82, 2.24) is 9.78 Å². The first-order valence-electron chi connectivity index (χ1n) is 5.83. The number of nitrogens with zero attached hydrogens (tertiary/aromatic N) is 2. The number of rotatable bonds is 3. The lowest BCUT2D eigenvalue weighted by Crippen LogP contribution is -2.16. The van der Waals surface area contributed by atoms with Gasteiger partial charge in [-0.1, -0.05) is 24.0 Å². The summed E-state index contributed by atoms with van der Waals surface area (Å²) in [6.07, 6.45) is 1.51. The Hall–Kier alpha value is -2.30. The number of hydrogen-bond acceptors (Lipinski definition) is 4. The van der Waals surface area contributed by atoms with Crippen LogP contribution in [0, 0.1) is 11.8 Å². The standard InChI is InChI=1S/C13H14N4O2S/c1-17-13(8-10-15-17)16-20(18,19)12-7-3-2-5-11(12)6-4-9-14/h2-3,5,7-8,10,16H,9,14H2,1H3. The molecular formula is C13H14N4O2S. The molecule has 1 aromatic carbocycles. The van der Waals surface area contributed by atoms with Crippen molar-refractivity contribution >= 4 is 15.8 Å². The summed E-state index contributed by atoms with van der Waals surface area (Å²) >= 11 is 0. The SMILES string of the molecule is Cn1nccc1NS(=O)(=O)c1ccccc1C#CCN. The predicted octanol–water partition coefficient (Wildman–Crippen LogP) is 0.531. The van der Waals surface area contributed by atoms with E-state index in [2.05, 4.69) is 21.7 Å². The molecule has 0 unspecified atom stereocenters. The number of hydrogen-bond donors (Lipinski definition) is 2. The van der Waals surface area contributed by atoms with Crippen molar-refractivity contribution in [3.05, 3.63) is 42.1 Å². The molecular weight excluding hydrogens is 276 g/mol. The molecule has 0 saturated heterocycles. The molecule has 2 aromatic rings. The van der Waals surface area contributed by atoms with E-state index < -0.39 is 10.0 Å². The van der Waals surface area contributed by atoms with Gasteiger partial charge in [0.15, 0.2) is 0 Å². The first-order chi connectivity index (χ1) is 9.54. The van der Waals surface area contributed by atoms with Gasteiger partial charge in [-0.25, -0.2) is 8.42 Å². The molecule has 1 heterocycles. The van der Waals surface area contributed by atoms with Gasteiger partial charge in [0.25, 0.3) is 10.0 Å². The van der Waals surface area contributed by atoms with Crippen molar-refractivity contribution in [3.8, 4) is 11.8 Å². The van der Waals surface area contributed by atoms with Crippen LogP contribution in [0.3, 0.4) is 0 Å². The maximum absolute atomic E-state index is 12.4. The Balaban J connectivity index is 2.42. The van der Waals surface area contributed by atoms with Gasteiger partial charge in [-0.05, 0) is 12.1 Å². The molecule has 0 saturated carbocycles. The van der Waals surface area contributed by atoms with E-state index in [1.54, 1.807) is 31.3 Å². The number of aromatic nitrogens is 2. The van der Waals surface area contributed by atoms with Crippen molar-refractivity contribution in [3.63, 3.8) is 0 Å². The van der Waals surface area contributed by atoms with Gasteiger partial charge in [0, 0.05) is 18.7 Å². The van der Waals surface area contributed by atoms with Crippen LogP contribution in [-0.4, -0.2) is 24.7 Å². The van der Waals surface area contributed by atoms with E-state index in [-0.39, 0.29) is 11.4 Å². The number of nitrogens with one attached hydrogen (secondary N) is 1. The monoisotopic (exact) mass is 290 g/mol. The molecule has 6 nitrogen and oxygen atoms in total. The fraction of sp³-hybridized carbons (Fsp3) is 0.154. The third-order valence-electron chi connectivity index (χ3n) is 2.56. The van der Waals surface area contributed by atoms with Crippen LogP contribution in [0.1, 0.15) is 5.56 Å². The van der Waals surface area contributed by atoms with E-state index in [0.29, 0.717) is 11.4 Å². The Morgan fingerprint density at radius 2 is 2.10 bits per heavy atom. The van der Waals surface area contributed by atoms with Gasteiger partial charge in [-0.15, -0.1) is 0 Å². The van der Waals surface area contributed by atoms with E-state index in [1.165, 1.54) is 16.9 Å². The molecule has 0 aliphatic heterocycles. The van der Waals surface area contributed by atoms with Gasteiger partial charge in [-0.3, -0.25) is 9.40 Å². The maximum atomic E-state index is 12.4. The molecule has 0 atom stereocenters. The van der Waals surface area contributed by atoms with E-state index >= 15 is 0 Å². The van der Waals surface area contributed by atoms with Gasteiger partial charge in [0.1, 0.15) is 10.7 Å². The minimum atomic E-state index is -3.72. The van der Waals surface area contributed by atoms with E-state index in [1.807, 2.05) is 0 Å². The summed E-state index contributed by atoms with van der Waals surface area (Å²) in [5.41, 5.74) is 5.72. The lowest BCUT2D eigenvalue weighted by molar-refractivity contribution is 0.600. The fourth-order valence-electron chi connectivity index (χ4n) is 1.62. The van der Waals surface area contributed by atoms with E-state index in [4.69, 9.17) is 5.73 Å². The minimum Gasteiger partial charge on any atom is -0.320 e. The Bertz CT molecular complexity index is 769. The summed E-state index contributed by atoms with van der Waals surface area (Å²) in [6.45, 7) is 0.170. The van der Waals surface area contributed by atoms with Gasteiger partial charge in [0.2, 0.25) is 0 Å². The molecule has 0 amide bonds. The van der Waals surface area contributed by atoms with Gasteiger partial charge in [-0.2, -0.15) is 5.10 Å². The van der Waals surface area contributed by atoms with E-state index in [9.17, 15) is 8.42 Å². The van der Waals surface area contributed by atoms with Crippen molar-refractivity contribution in [2.75, 3.05) is 11.3 Å². The molecule has 0 bridgehead atoms. The Morgan fingerprint density at radius 1 is 1.35 bits per heavy atom. The lowest BCUT2D eigenvalue weighted by Gasteiger charge is -2.09. The summed E-state index contributed by atoms with van der Waals surface area (Å²) in [5.74, 6) is 5.79. The molecule has 0 radical (unpaired) electrons. The smallest absolute Gasteiger partial charge is 0.264 e. The van der Waals surface area contributed by atoms with Crippen LogP contribution in [0.2, 0.25) is 0 Å². The highest BCUT2D eigenvalue weighted by molar-refractivity contribution is 7.92. The lowest BCUT2D eigenvalue weighted by atomic mass is 10.2. The number of aryl methyl sites for hydroxylation is 1. The zero-order valence-corrected chi connectivity index (χ0v) is 11.7. The zero-order valence-electron chi connectivity index (χ0n) is 10.9. The third kappa shape index (κ3) is 2.99. The van der Waals surface area contributed by atoms with Crippen molar-refractivity contribution in [2.24, 2.45) is 12.8 Å². The topological polar surface area (TPSA) is 90.0 Å². The Kier molecular flexibility index (Phi) is 4.08. The van der Waals surface area contributed by atoms with Crippen LogP contribution < -0.4 is 10.5 Å². The number of benzene rings is 1. The largest absolute Gasteiger partial charge is 0.320 e. The van der Waals surface area contributed by atoms with Crippen LogP contribution in [0.5, 0.6) is 0 Å². The highest BCUT2D eigenvalue weighted by Gasteiger charge is 2.18. The minimum absolute atomic E-state index is 0.113. The highest BCUT2D eigenvalue weighted by atomic mass is 32.2. The van der Waals surface area contributed by atoms with Crippen molar-refractivity contribution in [1.29, 1.82) is 0 Å². The average molecular weight is 290 g/mol. The fourth-order valence-corrected chi connectivity index (χ4v) is 2.87. The second-order valence-corrected chi connectivity index (χ2v) is 5.60. The molecule has 3 N–H and O–H groups in total. The first-order valence-corrected chi connectivity index (χ1v) is 7.31.